The second kappa shape index (κ2) is 8.30. The molecule has 0 unspecified atom stereocenters. The molecule has 2 aromatic rings. The Hall–Kier alpha value is -2.13. The van der Waals surface area contributed by atoms with E-state index in [4.69, 9.17) is 18.0 Å². The van der Waals surface area contributed by atoms with Crippen molar-refractivity contribution in [2.75, 3.05) is 6.54 Å². The summed E-state index contributed by atoms with van der Waals surface area (Å²) in [7, 11) is 0. The Kier molecular flexibility index (Phi) is 6.38. The van der Waals surface area contributed by atoms with Crippen LogP contribution in [0, 0.1) is 12.3 Å². The van der Waals surface area contributed by atoms with E-state index >= 15 is 0 Å². The van der Waals surface area contributed by atoms with Crippen molar-refractivity contribution < 1.29 is 18.0 Å². The predicted octanol–water partition coefficient (Wildman–Crippen LogP) is 4.39. The minimum Gasteiger partial charge on any atom is -0.358 e. The molecule has 0 fully saturated rings. The number of nitrogens with one attached hydrogen (secondary N) is 2. The standard InChI is InChI=1S/C18H18ClF3N2O/c1-2-3-4-7-15-13(6-5-10-23-17(25)18(20,21)22)14-11-12(19)8-9-16(14)24-15/h1,8-9,11,24H,3-7,10H2,(H,23,25). The molecule has 0 bridgehead atoms. The van der Waals surface area contributed by atoms with Gasteiger partial charge in [-0.2, -0.15) is 13.2 Å². The number of hydrogen-bond donors (Lipinski definition) is 2. The zero-order chi connectivity index (χ0) is 18.4. The molecule has 0 aliphatic heterocycles. The molecule has 1 heterocycles. The lowest BCUT2D eigenvalue weighted by Crippen LogP contribution is -2.37. The SMILES string of the molecule is C#CCCCc1[nH]c2ccc(Cl)cc2c1CCCNC(=O)C(F)(F)F. The van der Waals surface area contributed by atoms with Crippen LogP contribution in [0.25, 0.3) is 10.9 Å². The Labute approximate surface area is 148 Å². The zero-order valence-electron chi connectivity index (χ0n) is 13.5. The van der Waals surface area contributed by atoms with Crippen molar-refractivity contribution in [2.24, 2.45) is 0 Å². The molecule has 2 N–H and O–H groups in total. The smallest absolute Gasteiger partial charge is 0.358 e. The quantitative estimate of drug-likeness (QED) is 0.551. The molecule has 25 heavy (non-hydrogen) atoms. The number of alkyl halides is 3. The summed E-state index contributed by atoms with van der Waals surface area (Å²) in [6.45, 7) is -0.0463. The Morgan fingerprint density at radius 1 is 1.28 bits per heavy atom. The van der Waals surface area contributed by atoms with E-state index in [1.165, 1.54) is 0 Å². The van der Waals surface area contributed by atoms with Crippen LogP contribution in [0.5, 0.6) is 0 Å². The van der Waals surface area contributed by atoms with Crippen molar-refractivity contribution in [3.05, 3.63) is 34.5 Å². The van der Waals surface area contributed by atoms with E-state index in [9.17, 15) is 18.0 Å². The molecule has 0 radical (unpaired) electrons. The third kappa shape index (κ3) is 5.17. The van der Waals surface area contributed by atoms with Gasteiger partial charge < -0.3 is 10.3 Å². The van der Waals surface area contributed by atoms with Crippen LogP contribution in [0.4, 0.5) is 13.2 Å². The Morgan fingerprint density at radius 3 is 2.72 bits per heavy atom. The molecule has 0 spiro atoms. The van der Waals surface area contributed by atoms with Crippen LogP contribution < -0.4 is 5.32 Å². The van der Waals surface area contributed by atoms with E-state index in [2.05, 4.69) is 10.9 Å². The van der Waals surface area contributed by atoms with Crippen molar-refractivity contribution >= 4 is 28.4 Å². The lowest BCUT2D eigenvalue weighted by atomic mass is 10.0. The molecule has 1 amide bonds. The highest BCUT2D eigenvalue weighted by molar-refractivity contribution is 6.31. The van der Waals surface area contributed by atoms with Gasteiger partial charge in [0.2, 0.25) is 0 Å². The van der Waals surface area contributed by atoms with Gasteiger partial charge in [-0.1, -0.05) is 11.6 Å². The minimum atomic E-state index is -4.85. The number of amides is 1. The molecule has 2 rings (SSSR count). The van der Waals surface area contributed by atoms with Crippen molar-refractivity contribution in [3.63, 3.8) is 0 Å². The first-order valence-corrected chi connectivity index (χ1v) is 8.28. The second-order valence-corrected chi connectivity index (χ2v) is 6.12. The van der Waals surface area contributed by atoms with Gasteiger partial charge in [0.1, 0.15) is 0 Å². The lowest BCUT2D eigenvalue weighted by Gasteiger charge is -2.08. The fourth-order valence-corrected chi connectivity index (χ4v) is 2.88. The van der Waals surface area contributed by atoms with Crippen LogP contribution in [0.15, 0.2) is 18.2 Å². The summed E-state index contributed by atoms with van der Waals surface area (Å²) in [5, 5.41) is 3.43. The number of carbonyl (C=O) groups is 1. The number of aromatic amines is 1. The van der Waals surface area contributed by atoms with E-state index in [1.54, 1.807) is 6.07 Å². The molecule has 1 aromatic heterocycles. The number of terminal acetylenes is 1. The van der Waals surface area contributed by atoms with Gasteiger partial charge in [-0.05, 0) is 49.4 Å². The Balaban J connectivity index is 2.09. The number of benzene rings is 1. The maximum Gasteiger partial charge on any atom is 0.471 e. The van der Waals surface area contributed by atoms with Gasteiger partial charge in [0.05, 0.1) is 0 Å². The van der Waals surface area contributed by atoms with Crippen molar-refractivity contribution in [1.82, 2.24) is 10.3 Å². The average Bonchev–Trinajstić information content (AvgIpc) is 2.87. The van der Waals surface area contributed by atoms with Gasteiger partial charge in [-0.15, -0.1) is 12.3 Å². The van der Waals surface area contributed by atoms with Crippen molar-refractivity contribution in [2.45, 2.75) is 38.3 Å². The van der Waals surface area contributed by atoms with E-state index in [1.807, 2.05) is 17.4 Å². The van der Waals surface area contributed by atoms with Crippen molar-refractivity contribution in [1.29, 1.82) is 0 Å². The number of rotatable bonds is 7. The Morgan fingerprint density at radius 2 is 2.04 bits per heavy atom. The molecule has 7 heteroatoms. The number of halogens is 4. The van der Waals surface area contributed by atoms with Crippen LogP contribution in [0.3, 0.4) is 0 Å². The molecular weight excluding hydrogens is 353 g/mol. The van der Waals surface area contributed by atoms with Gasteiger partial charge in [0, 0.05) is 34.6 Å². The molecule has 0 aliphatic carbocycles. The first-order valence-electron chi connectivity index (χ1n) is 7.90. The molecule has 0 saturated heterocycles. The van der Waals surface area contributed by atoms with Gasteiger partial charge >= 0.3 is 12.1 Å². The summed E-state index contributed by atoms with van der Waals surface area (Å²) in [5.41, 5.74) is 2.94. The molecule has 0 saturated carbocycles. The van der Waals surface area contributed by atoms with Crippen molar-refractivity contribution in [3.8, 4) is 12.3 Å². The number of hydrogen-bond acceptors (Lipinski definition) is 1. The highest BCUT2D eigenvalue weighted by Gasteiger charge is 2.38. The summed E-state index contributed by atoms with van der Waals surface area (Å²) in [4.78, 5) is 14.2. The number of aromatic nitrogens is 1. The number of fused-ring (bicyclic) bond motifs is 1. The Bertz CT molecular complexity index is 790. The summed E-state index contributed by atoms with van der Waals surface area (Å²) in [6, 6.07) is 5.48. The second-order valence-electron chi connectivity index (χ2n) is 5.69. The minimum absolute atomic E-state index is 0.0463. The number of H-pyrrole nitrogens is 1. The van der Waals surface area contributed by atoms with Crippen LogP contribution in [0.2, 0.25) is 5.02 Å². The largest absolute Gasteiger partial charge is 0.471 e. The third-order valence-corrected chi connectivity index (χ3v) is 4.09. The maximum absolute atomic E-state index is 12.2. The van der Waals surface area contributed by atoms with Crippen LogP contribution in [0.1, 0.15) is 30.5 Å². The number of carbonyl (C=O) groups excluding carboxylic acids is 1. The number of unbranched alkanes of at least 4 members (excludes halogenated alkanes) is 1. The summed E-state index contributed by atoms with van der Waals surface area (Å²) >= 11 is 6.06. The average molecular weight is 371 g/mol. The molecule has 0 atom stereocenters. The van der Waals surface area contributed by atoms with Gasteiger partial charge in [-0.3, -0.25) is 4.79 Å². The predicted molar refractivity (Wildman–Crippen MR) is 92.5 cm³/mol. The monoisotopic (exact) mass is 370 g/mol. The van der Waals surface area contributed by atoms with E-state index in [0.29, 0.717) is 24.3 Å². The topological polar surface area (TPSA) is 44.9 Å². The van der Waals surface area contributed by atoms with Gasteiger partial charge in [0.25, 0.3) is 0 Å². The van der Waals surface area contributed by atoms with Crippen LogP contribution in [-0.4, -0.2) is 23.6 Å². The molecule has 0 aliphatic rings. The highest BCUT2D eigenvalue weighted by Crippen LogP contribution is 2.27. The fraction of sp³-hybridized carbons (Fsp3) is 0.389. The molecule has 1 aromatic carbocycles. The summed E-state index contributed by atoms with van der Waals surface area (Å²) < 4.78 is 36.6. The highest BCUT2D eigenvalue weighted by atomic mass is 35.5. The fourth-order valence-electron chi connectivity index (χ4n) is 2.71. The van der Waals surface area contributed by atoms with E-state index in [-0.39, 0.29) is 6.54 Å². The van der Waals surface area contributed by atoms with Crippen LogP contribution in [-0.2, 0) is 17.6 Å². The number of aryl methyl sites for hydroxylation is 2. The molecule has 134 valence electrons. The van der Waals surface area contributed by atoms with E-state index < -0.39 is 12.1 Å². The van der Waals surface area contributed by atoms with E-state index in [0.717, 1.165) is 35.0 Å². The third-order valence-electron chi connectivity index (χ3n) is 3.85. The van der Waals surface area contributed by atoms with Gasteiger partial charge in [0.15, 0.2) is 0 Å². The zero-order valence-corrected chi connectivity index (χ0v) is 14.2. The summed E-state index contributed by atoms with van der Waals surface area (Å²) in [5.74, 6) is 0.677. The maximum atomic E-state index is 12.2. The lowest BCUT2D eigenvalue weighted by molar-refractivity contribution is -0.173. The normalized spacial score (nSPS) is 11.5. The molecular formula is C18H18ClF3N2O. The molecule has 3 nitrogen and oxygen atoms in total. The summed E-state index contributed by atoms with van der Waals surface area (Å²) in [6.07, 6.45) is 3.56. The van der Waals surface area contributed by atoms with Crippen LogP contribution >= 0.6 is 11.6 Å². The van der Waals surface area contributed by atoms with Gasteiger partial charge in [-0.25, -0.2) is 0 Å². The first-order chi connectivity index (χ1) is 11.8. The first kappa shape index (κ1) is 19.2.